The Morgan fingerprint density at radius 2 is 1.91 bits per heavy atom. The first kappa shape index (κ1) is 17.3. The molecule has 0 radical (unpaired) electrons. The van der Waals surface area contributed by atoms with E-state index >= 15 is 0 Å². The van der Waals surface area contributed by atoms with Crippen LogP contribution in [-0.4, -0.2) is 43.7 Å². The molecule has 0 aromatic heterocycles. The Balaban J connectivity index is 2.13. The van der Waals surface area contributed by atoms with E-state index in [1.54, 1.807) is 32.4 Å². The molecule has 1 aliphatic heterocycles. The number of hydrogen-bond acceptors (Lipinski definition) is 4. The van der Waals surface area contributed by atoms with Crippen molar-refractivity contribution < 1.29 is 14.3 Å². The summed E-state index contributed by atoms with van der Waals surface area (Å²) in [6.45, 7) is 2.74. The molecule has 126 valence electrons. The Hall–Kier alpha value is -2.01. The van der Waals surface area contributed by atoms with Gasteiger partial charge in [-0.2, -0.15) is 0 Å². The van der Waals surface area contributed by atoms with Crippen molar-refractivity contribution in [2.75, 3.05) is 20.8 Å². The molecule has 1 aliphatic rings. The van der Waals surface area contributed by atoms with Crippen molar-refractivity contribution in [2.24, 2.45) is 5.73 Å². The maximum atomic E-state index is 12.5. The second-order valence-electron chi connectivity index (χ2n) is 5.93. The molecule has 1 aromatic rings. The lowest BCUT2D eigenvalue weighted by molar-refractivity contribution is -0.129. The summed E-state index contributed by atoms with van der Waals surface area (Å²) < 4.78 is 10.5. The van der Waals surface area contributed by atoms with Crippen LogP contribution < -0.4 is 15.2 Å². The topological polar surface area (TPSA) is 64.8 Å². The number of benzene rings is 1. The zero-order valence-corrected chi connectivity index (χ0v) is 14.1. The molecule has 0 spiro atoms. The number of rotatable bonds is 5. The quantitative estimate of drug-likeness (QED) is 0.847. The molecule has 5 heteroatoms. The third-order valence-corrected chi connectivity index (χ3v) is 4.23. The molecule has 2 atom stereocenters. The van der Waals surface area contributed by atoms with Crippen LogP contribution in [0.1, 0.15) is 31.7 Å². The summed E-state index contributed by atoms with van der Waals surface area (Å²) in [5, 5.41) is 0. The van der Waals surface area contributed by atoms with Crippen molar-refractivity contribution in [1.82, 2.24) is 4.90 Å². The van der Waals surface area contributed by atoms with Gasteiger partial charge in [0, 0.05) is 30.8 Å². The molecule has 2 N–H and O–H groups in total. The Labute approximate surface area is 138 Å². The zero-order valence-electron chi connectivity index (χ0n) is 14.1. The van der Waals surface area contributed by atoms with Gasteiger partial charge in [0.15, 0.2) is 0 Å². The number of ether oxygens (including phenoxy) is 2. The zero-order chi connectivity index (χ0) is 16.8. The molecule has 23 heavy (non-hydrogen) atoms. The molecule has 2 unspecified atom stereocenters. The highest BCUT2D eigenvalue weighted by atomic mass is 16.5. The molecule has 1 aromatic carbocycles. The molecule has 1 heterocycles. The van der Waals surface area contributed by atoms with Crippen molar-refractivity contribution in [2.45, 2.75) is 38.3 Å². The lowest BCUT2D eigenvalue weighted by atomic mass is 9.97. The minimum Gasteiger partial charge on any atom is -0.497 e. The van der Waals surface area contributed by atoms with Gasteiger partial charge in [-0.25, -0.2) is 0 Å². The van der Waals surface area contributed by atoms with Crippen LogP contribution in [0.15, 0.2) is 24.3 Å². The monoisotopic (exact) mass is 318 g/mol. The summed E-state index contributed by atoms with van der Waals surface area (Å²) >= 11 is 0. The molecule has 0 aliphatic carbocycles. The molecular formula is C18H26N2O3. The number of carbonyl (C=O) groups excluding carboxylic acids is 1. The van der Waals surface area contributed by atoms with Crippen LogP contribution in [0.2, 0.25) is 0 Å². The van der Waals surface area contributed by atoms with Gasteiger partial charge in [0.2, 0.25) is 5.91 Å². The largest absolute Gasteiger partial charge is 0.497 e. The molecule has 1 saturated heterocycles. The SMILES string of the molecule is COc1cc(C=CC(=O)N2CCCCC2C(C)N)cc(OC)c1. The van der Waals surface area contributed by atoms with Crippen molar-refractivity contribution >= 4 is 12.0 Å². The summed E-state index contributed by atoms with van der Waals surface area (Å²) in [5.41, 5.74) is 6.89. The van der Waals surface area contributed by atoms with E-state index in [-0.39, 0.29) is 18.0 Å². The molecule has 1 fully saturated rings. The van der Waals surface area contributed by atoms with Gasteiger partial charge in [0.25, 0.3) is 0 Å². The number of amides is 1. The van der Waals surface area contributed by atoms with Gasteiger partial charge in [0.1, 0.15) is 11.5 Å². The number of methoxy groups -OCH3 is 2. The Morgan fingerprint density at radius 1 is 1.26 bits per heavy atom. The predicted octanol–water partition coefficient (Wildman–Crippen LogP) is 2.45. The van der Waals surface area contributed by atoms with E-state index < -0.39 is 0 Å². The van der Waals surface area contributed by atoms with Gasteiger partial charge in [0.05, 0.1) is 14.2 Å². The minimum absolute atomic E-state index is 0.00814. The summed E-state index contributed by atoms with van der Waals surface area (Å²) in [5.74, 6) is 1.40. The van der Waals surface area contributed by atoms with Gasteiger partial charge in [-0.15, -0.1) is 0 Å². The van der Waals surface area contributed by atoms with Gasteiger partial charge in [-0.3, -0.25) is 4.79 Å². The van der Waals surface area contributed by atoms with Crippen molar-refractivity contribution in [1.29, 1.82) is 0 Å². The number of piperidine rings is 1. The number of likely N-dealkylation sites (tertiary alicyclic amines) is 1. The van der Waals surface area contributed by atoms with Gasteiger partial charge < -0.3 is 20.1 Å². The molecule has 5 nitrogen and oxygen atoms in total. The molecule has 0 saturated carbocycles. The average molecular weight is 318 g/mol. The maximum absolute atomic E-state index is 12.5. The van der Waals surface area contributed by atoms with Crippen LogP contribution in [-0.2, 0) is 4.79 Å². The van der Waals surface area contributed by atoms with E-state index in [1.165, 1.54) is 0 Å². The normalized spacial score (nSPS) is 19.7. The van der Waals surface area contributed by atoms with Crippen LogP contribution in [0.3, 0.4) is 0 Å². The third kappa shape index (κ3) is 4.48. The molecule has 1 amide bonds. The number of hydrogen-bond donors (Lipinski definition) is 1. The van der Waals surface area contributed by atoms with E-state index in [0.29, 0.717) is 11.5 Å². The number of nitrogens with two attached hydrogens (primary N) is 1. The lowest BCUT2D eigenvalue weighted by Crippen LogP contribution is -2.51. The summed E-state index contributed by atoms with van der Waals surface area (Å²) in [7, 11) is 3.21. The van der Waals surface area contributed by atoms with Crippen LogP contribution in [0, 0.1) is 0 Å². The highest BCUT2D eigenvalue weighted by molar-refractivity contribution is 5.92. The van der Waals surface area contributed by atoms with E-state index in [1.807, 2.05) is 24.0 Å². The van der Waals surface area contributed by atoms with E-state index in [0.717, 1.165) is 31.4 Å². The highest BCUT2D eigenvalue weighted by Crippen LogP contribution is 2.24. The van der Waals surface area contributed by atoms with Gasteiger partial charge in [-0.05, 0) is 50.0 Å². The standard InChI is InChI=1S/C18H26N2O3/c1-13(19)17-6-4-5-9-20(17)18(21)8-7-14-10-15(22-2)12-16(11-14)23-3/h7-8,10-13,17H,4-6,9,19H2,1-3H3. The Morgan fingerprint density at radius 3 is 2.48 bits per heavy atom. The second-order valence-corrected chi connectivity index (χ2v) is 5.93. The molecule has 2 rings (SSSR count). The van der Waals surface area contributed by atoms with Crippen molar-refractivity contribution in [3.05, 3.63) is 29.8 Å². The fraction of sp³-hybridized carbons (Fsp3) is 0.500. The minimum atomic E-state index is -0.00966. The van der Waals surface area contributed by atoms with Gasteiger partial charge in [-0.1, -0.05) is 0 Å². The van der Waals surface area contributed by atoms with E-state index in [4.69, 9.17) is 15.2 Å². The highest BCUT2D eigenvalue weighted by Gasteiger charge is 2.27. The fourth-order valence-corrected chi connectivity index (χ4v) is 2.97. The van der Waals surface area contributed by atoms with Crippen LogP contribution in [0.25, 0.3) is 6.08 Å². The lowest BCUT2D eigenvalue weighted by Gasteiger charge is -2.37. The summed E-state index contributed by atoms with van der Waals surface area (Å²) in [6.07, 6.45) is 6.54. The Kier molecular flexibility index (Phi) is 6.04. The molecular weight excluding hydrogens is 292 g/mol. The van der Waals surface area contributed by atoms with Crippen LogP contribution in [0.5, 0.6) is 11.5 Å². The molecule has 0 bridgehead atoms. The van der Waals surface area contributed by atoms with Gasteiger partial charge >= 0.3 is 0 Å². The number of carbonyl (C=O) groups is 1. The first-order valence-electron chi connectivity index (χ1n) is 8.02. The third-order valence-electron chi connectivity index (χ3n) is 4.23. The first-order valence-corrected chi connectivity index (χ1v) is 8.02. The smallest absolute Gasteiger partial charge is 0.246 e. The second kappa shape index (κ2) is 8.02. The van der Waals surface area contributed by atoms with E-state index in [9.17, 15) is 4.79 Å². The predicted molar refractivity (Wildman–Crippen MR) is 91.6 cm³/mol. The number of nitrogens with zero attached hydrogens (tertiary/aromatic N) is 1. The summed E-state index contributed by atoms with van der Waals surface area (Å²) in [4.78, 5) is 14.4. The first-order chi connectivity index (χ1) is 11.0. The Bertz CT molecular complexity index is 547. The van der Waals surface area contributed by atoms with E-state index in [2.05, 4.69) is 0 Å². The fourth-order valence-electron chi connectivity index (χ4n) is 2.97. The van der Waals surface area contributed by atoms with Crippen molar-refractivity contribution in [3.63, 3.8) is 0 Å². The maximum Gasteiger partial charge on any atom is 0.246 e. The van der Waals surface area contributed by atoms with Crippen molar-refractivity contribution in [3.8, 4) is 11.5 Å². The van der Waals surface area contributed by atoms with Crippen LogP contribution >= 0.6 is 0 Å². The average Bonchev–Trinajstić information content (AvgIpc) is 2.59. The summed E-state index contributed by atoms with van der Waals surface area (Å²) in [6, 6.07) is 5.65. The van der Waals surface area contributed by atoms with Crippen LogP contribution in [0.4, 0.5) is 0 Å².